The summed E-state index contributed by atoms with van der Waals surface area (Å²) in [6.07, 6.45) is 0.276. The minimum Gasteiger partial charge on any atom is -0.488 e. The van der Waals surface area contributed by atoms with E-state index in [4.69, 9.17) is 10.5 Å². The molecule has 0 spiro atoms. The number of nitrogens with two attached hydrogens (primary N) is 1. The Hall–Kier alpha value is -2.62. The van der Waals surface area contributed by atoms with Crippen molar-refractivity contribution in [1.82, 2.24) is 0 Å². The molecule has 0 unspecified atom stereocenters. The summed E-state index contributed by atoms with van der Waals surface area (Å²) in [5.74, 6) is 0.690. The molecule has 0 radical (unpaired) electrons. The predicted molar refractivity (Wildman–Crippen MR) is 76.7 cm³/mol. The first-order valence-corrected chi connectivity index (χ1v) is 6.40. The van der Waals surface area contributed by atoms with Crippen LogP contribution in [0.5, 0.6) is 5.75 Å². The lowest BCUT2D eigenvalue weighted by Crippen LogP contribution is -2.24. The SMILES string of the molecule is NC1=NC(=O)Cc2cccc(OCc3ccccc3)c21. The van der Waals surface area contributed by atoms with E-state index in [9.17, 15) is 4.79 Å². The van der Waals surface area contributed by atoms with Gasteiger partial charge in [-0.1, -0.05) is 42.5 Å². The zero-order chi connectivity index (χ0) is 13.9. The Morgan fingerprint density at radius 3 is 2.70 bits per heavy atom. The summed E-state index contributed by atoms with van der Waals surface area (Å²) in [5, 5.41) is 0. The lowest BCUT2D eigenvalue weighted by Gasteiger charge is -2.17. The zero-order valence-electron chi connectivity index (χ0n) is 10.9. The summed E-state index contributed by atoms with van der Waals surface area (Å²) in [4.78, 5) is 15.2. The molecule has 1 amide bonds. The summed E-state index contributed by atoms with van der Waals surface area (Å²) >= 11 is 0. The van der Waals surface area contributed by atoms with Gasteiger partial charge in [-0.2, -0.15) is 4.99 Å². The van der Waals surface area contributed by atoms with Crippen molar-refractivity contribution in [1.29, 1.82) is 0 Å². The van der Waals surface area contributed by atoms with Crippen molar-refractivity contribution < 1.29 is 9.53 Å². The van der Waals surface area contributed by atoms with Crippen LogP contribution in [0.3, 0.4) is 0 Å². The topological polar surface area (TPSA) is 64.7 Å². The number of fused-ring (bicyclic) bond motifs is 1. The number of aliphatic imine (C=N–C) groups is 1. The van der Waals surface area contributed by atoms with Gasteiger partial charge < -0.3 is 10.5 Å². The van der Waals surface area contributed by atoms with Crippen molar-refractivity contribution in [3.05, 3.63) is 65.2 Å². The second-order valence-electron chi connectivity index (χ2n) is 4.63. The molecule has 20 heavy (non-hydrogen) atoms. The van der Waals surface area contributed by atoms with Crippen LogP contribution < -0.4 is 10.5 Å². The van der Waals surface area contributed by atoms with Crippen molar-refractivity contribution in [2.45, 2.75) is 13.0 Å². The molecule has 2 aromatic carbocycles. The summed E-state index contributed by atoms with van der Waals surface area (Å²) < 4.78 is 5.82. The fourth-order valence-corrected chi connectivity index (χ4v) is 2.26. The number of carbonyl (C=O) groups is 1. The van der Waals surface area contributed by atoms with Crippen molar-refractivity contribution in [2.24, 2.45) is 10.7 Å². The van der Waals surface area contributed by atoms with E-state index in [2.05, 4.69) is 4.99 Å². The number of benzene rings is 2. The van der Waals surface area contributed by atoms with Gasteiger partial charge in [0.15, 0.2) is 0 Å². The summed E-state index contributed by atoms with van der Waals surface area (Å²) in [6.45, 7) is 0.457. The van der Waals surface area contributed by atoms with E-state index in [1.54, 1.807) is 0 Å². The van der Waals surface area contributed by atoms with Gasteiger partial charge in [-0.15, -0.1) is 0 Å². The maximum Gasteiger partial charge on any atom is 0.252 e. The number of hydrogen-bond acceptors (Lipinski definition) is 3. The predicted octanol–water partition coefficient (Wildman–Crippen LogP) is 2.05. The third kappa shape index (κ3) is 2.40. The lowest BCUT2D eigenvalue weighted by molar-refractivity contribution is -0.117. The van der Waals surface area contributed by atoms with Gasteiger partial charge in [-0.3, -0.25) is 4.79 Å². The third-order valence-corrected chi connectivity index (χ3v) is 3.19. The molecule has 4 heteroatoms. The summed E-state index contributed by atoms with van der Waals surface area (Å²) in [7, 11) is 0. The minimum atomic E-state index is -0.213. The Balaban J connectivity index is 1.88. The number of carbonyl (C=O) groups excluding carboxylic acids is 1. The van der Waals surface area contributed by atoms with E-state index < -0.39 is 0 Å². The highest BCUT2D eigenvalue weighted by molar-refractivity contribution is 6.10. The van der Waals surface area contributed by atoms with Gasteiger partial charge in [0, 0.05) is 0 Å². The first-order valence-electron chi connectivity index (χ1n) is 6.40. The molecular weight excluding hydrogens is 252 g/mol. The minimum absolute atomic E-state index is 0.213. The largest absolute Gasteiger partial charge is 0.488 e. The molecular formula is C16H14N2O2. The number of nitrogens with zero attached hydrogens (tertiary/aromatic N) is 1. The molecule has 4 nitrogen and oxygen atoms in total. The molecule has 1 aliphatic rings. The van der Waals surface area contributed by atoms with Crippen LogP contribution >= 0.6 is 0 Å². The molecule has 0 fully saturated rings. The van der Waals surface area contributed by atoms with Gasteiger partial charge in [0.05, 0.1) is 12.0 Å². The van der Waals surface area contributed by atoms with Crippen LogP contribution in [-0.4, -0.2) is 11.7 Å². The molecule has 0 atom stereocenters. The molecule has 1 aliphatic heterocycles. The molecule has 0 saturated carbocycles. The van der Waals surface area contributed by atoms with Crippen LogP contribution in [0.15, 0.2) is 53.5 Å². The first-order chi connectivity index (χ1) is 9.74. The quantitative estimate of drug-likeness (QED) is 0.924. The van der Waals surface area contributed by atoms with E-state index in [0.29, 0.717) is 12.4 Å². The Morgan fingerprint density at radius 2 is 1.90 bits per heavy atom. The van der Waals surface area contributed by atoms with Crippen molar-refractivity contribution >= 4 is 11.7 Å². The highest BCUT2D eigenvalue weighted by Crippen LogP contribution is 2.26. The number of ether oxygens (including phenoxy) is 1. The third-order valence-electron chi connectivity index (χ3n) is 3.19. The fourth-order valence-electron chi connectivity index (χ4n) is 2.26. The van der Waals surface area contributed by atoms with Gasteiger partial charge >= 0.3 is 0 Å². The van der Waals surface area contributed by atoms with Gasteiger partial charge in [0.1, 0.15) is 18.2 Å². The molecule has 0 saturated heterocycles. The maximum absolute atomic E-state index is 11.4. The second-order valence-corrected chi connectivity index (χ2v) is 4.63. The summed E-state index contributed by atoms with van der Waals surface area (Å²) in [5.41, 5.74) is 8.54. The van der Waals surface area contributed by atoms with Gasteiger partial charge in [0.2, 0.25) is 0 Å². The number of hydrogen-bond donors (Lipinski definition) is 1. The lowest BCUT2D eigenvalue weighted by atomic mass is 10.00. The number of amidine groups is 1. The maximum atomic E-state index is 11.4. The van der Waals surface area contributed by atoms with Crippen LogP contribution in [0.1, 0.15) is 16.7 Å². The van der Waals surface area contributed by atoms with Crippen molar-refractivity contribution in [3.8, 4) is 5.75 Å². The van der Waals surface area contributed by atoms with Crippen LogP contribution in [-0.2, 0) is 17.8 Å². The van der Waals surface area contributed by atoms with Crippen molar-refractivity contribution in [3.63, 3.8) is 0 Å². The van der Waals surface area contributed by atoms with E-state index in [0.717, 1.165) is 16.7 Å². The number of amides is 1. The van der Waals surface area contributed by atoms with Crippen LogP contribution in [0.2, 0.25) is 0 Å². The normalized spacial score (nSPS) is 13.6. The average molecular weight is 266 g/mol. The molecule has 0 bridgehead atoms. The molecule has 0 aliphatic carbocycles. The van der Waals surface area contributed by atoms with Crippen LogP contribution in [0, 0.1) is 0 Å². The molecule has 2 N–H and O–H groups in total. The molecule has 3 rings (SSSR count). The van der Waals surface area contributed by atoms with Crippen LogP contribution in [0.4, 0.5) is 0 Å². The van der Waals surface area contributed by atoms with E-state index in [-0.39, 0.29) is 18.2 Å². The average Bonchev–Trinajstić information content (AvgIpc) is 2.45. The Bertz CT molecular complexity index is 678. The highest BCUT2D eigenvalue weighted by atomic mass is 16.5. The molecule has 100 valence electrons. The van der Waals surface area contributed by atoms with Gasteiger partial charge in [0.25, 0.3) is 5.91 Å². The standard InChI is InChI=1S/C16H14N2O2/c17-16-15-12(9-14(19)18-16)7-4-8-13(15)20-10-11-5-2-1-3-6-11/h1-8H,9-10H2,(H2,17,18,19). The summed E-state index contributed by atoms with van der Waals surface area (Å²) in [6, 6.07) is 15.5. The smallest absolute Gasteiger partial charge is 0.252 e. The second kappa shape index (κ2) is 5.17. The van der Waals surface area contributed by atoms with Crippen LogP contribution in [0.25, 0.3) is 0 Å². The van der Waals surface area contributed by atoms with Gasteiger partial charge in [-0.25, -0.2) is 0 Å². The van der Waals surface area contributed by atoms with E-state index in [1.165, 1.54) is 0 Å². The van der Waals surface area contributed by atoms with E-state index >= 15 is 0 Å². The fraction of sp³-hybridized carbons (Fsp3) is 0.125. The monoisotopic (exact) mass is 266 g/mol. The molecule has 1 heterocycles. The molecule has 0 aromatic heterocycles. The molecule has 2 aromatic rings. The van der Waals surface area contributed by atoms with Gasteiger partial charge in [-0.05, 0) is 17.2 Å². The van der Waals surface area contributed by atoms with E-state index in [1.807, 2.05) is 48.5 Å². The van der Waals surface area contributed by atoms with Crippen molar-refractivity contribution in [2.75, 3.05) is 0 Å². The Kier molecular flexibility index (Phi) is 3.21. The Morgan fingerprint density at radius 1 is 1.10 bits per heavy atom. The Labute approximate surface area is 116 Å². The number of rotatable bonds is 3. The zero-order valence-corrected chi connectivity index (χ0v) is 10.9. The first kappa shape index (κ1) is 12.4. The highest BCUT2D eigenvalue weighted by Gasteiger charge is 2.20.